The second-order valence-electron chi connectivity index (χ2n) is 1.42. The highest BCUT2D eigenvalue weighted by Crippen LogP contribution is 2.07. The van der Waals surface area contributed by atoms with Crippen LogP contribution in [0.2, 0.25) is 5.28 Å². The van der Waals surface area contributed by atoms with E-state index in [1.807, 2.05) is 0 Å². The Labute approximate surface area is 84.9 Å². The van der Waals surface area contributed by atoms with Crippen LogP contribution in [0.3, 0.4) is 0 Å². The molecule has 0 saturated carbocycles. The quantitative estimate of drug-likeness (QED) is 0.542. The lowest BCUT2D eigenvalue weighted by molar-refractivity contribution is 0.955. The van der Waals surface area contributed by atoms with Gasteiger partial charge in [0.2, 0.25) is 5.28 Å². The van der Waals surface area contributed by atoms with Gasteiger partial charge in [0.15, 0.2) is 5.69 Å². The van der Waals surface area contributed by atoms with E-state index in [0.717, 1.165) is 0 Å². The number of hydrogen-bond acceptors (Lipinski definition) is 4. The summed E-state index contributed by atoms with van der Waals surface area (Å²) in [5, 5.41) is 10.1. The fraction of sp³-hybridized carbons (Fsp3) is 0. The van der Waals surface area contributed by atoms with Gasteiger partial charge in [-0.15, -0.1) is 10.2 Å². The molecule has 1 aromatic rings. The SMILES string of the molecule is Clc1ncc(C#CSI)nn1. The molecule has 0 aromatic carbocycles. The van der Waals surface area contributed by atoms with Crippen molar-refractivity contribution in [1.82, 2.24) is 15.2 Å². The number of nitrogens with zero attached hydrogens (tertiary/aromatic N) is 3. The highest BCUT2D eigenvalue weighted by Gasteiger charge is 1.90. The van der Waals surface area contributed by atoms with Crippen molar-refractivity contribution in [2.75, 3.05) is 0 Å². The van der Waals surface area contributed by atoms with Crippen molar-refractivity contribution >= 4 is 41.7 Å². The largest absolute Gasteiger partial charge is 0.243 e. The molecule has 0 aliphatic rings. The Morgan fingerprint density at radius 2 is 2.36 bits per heavy atom. The van der Waals surface area contributed by atoms with E-state index >= 15 is 0 Å². The van der Waals surface area contributed by atoms with E-state index in [1.165, 1.54) is 15.1 Å². The molecule has 1 aromatic heterocycles. The number of aromatic nitrogens is 3. The van der Waals surface area contributed by atoms with Crippen LogP contribution in [0.25, 0.3) is 0 Å². The van der Waals surface area contributed by atoms with Crippen LogP contribution in [-0.4, -0.2) is 15.2 Å². The molecule has 0 saturated heterocycles. The Bertz CT molecular complexity index is 291. The fourth-order valence-corrected chi connectivity index (χ4v) is 0.950. The second-order valence-corrected chi connectivity index (χ2v) is 3.43. The molecule has 0 aliphatic carbocycles. The predicted molar refractivity (Wildman–Crippen MR) is 53.3 cm³/mol. The summed E-state index contributed by atoms with van der Waals surface area (Å²) in [5.41, 5.74) is 0.526. The maximum atomic E-state index is 5.41. The van der Waals surface area contributed by atoms with Crippen molar-refractivity contribution in [3.05, 3.63) is 17.2 Å². The third kappa shape index (κ3) is 3.22. The molecule has 1 rings (SSSR count). The van der Waals surface area contributed by atoms with E-state index in [1.54, 1.807) is 0 Å². The Kier molecular flexibility index (Phi) is 3.90. The van der Waals surface area contributed by atoms with Crippen LogP contribution in [0.1, 0.15) is 5.69 Å². The van der Waals surface area contributed by atoms with Gasteiger partial charge in [0.1, 0.15) is 0 Å². The van der Waals surface area contributed by atoms with Gasteiger partial charge in [-0.1, -0.05) is 0 Å². The minimum atomic E-state index is 0.137. The van der Waals surface area contributed by atoms with Gasteiger partial charge in [0, 0.05) is 21.2 Å². The van der Waals surface area contributed by atoms with Gasteiger partial charge in [-0.25, -0.2) is 4.98 Å². The van der Waals surface area contributed by atoms with E-state index in [0.29, 0.717) is 5.69 Å². The van der Waals surface area contributed by atoms with E-state index in [2.05, 4.69) is 47.6 Å². The lowest BCUT2D eigenvalue weighted by Gasteiger charge is -1.85. The summed E-state index contributed by atoms with van der Waals surface area (Å²) in [6, 6.07) is 0. The summed E-state index contributed by atoms with van der Waals surface area (Å²) in [7, 11) is 1.38. The van der Waals surface area contributed by atoms with Gasteiger partial charge in [-0.2, -0.15) is 0 Å². The van der Waals surface area contributed by atoms with Crippen molar-refractivity contribution < 1.29 is 0 Å². The summed E-state index contributed by atoms with van der Waals surface area (Å²) < 4.78 is 0. The number of halogens is 2. The van der Waals surface area contributed by atoms with Crippen molar-refractivity contribution in [3.63, 3.8) is 0 Å². The summed E-state index contributed by atoms with van der Waals surface area (Å²) in [6.07, 6.45) is 1.48. The van der Waals surface area contributed by atoms with Crippen LogP contribution in [0.15, 0.2) is 6.20 Å². The van der Waals surface area contributed by atoms with E-state index in [9.17, 15) is 0 Å². The molecule has 0 radical (unpaired) electrons. The van der Waals surface area contributed by atoms with Gasteiger partial charge in [-0.05, 0) is 31.7 Å². The first-order valence-corrected chi connectivity index (χ1v) is 6.20. The Balaban J connectivity index is 2.82. The molecule has 0 unspecified atom stereocenters. The van der Waals surface area contributed by atoms with Gasteiger partial charge in [0.05, 0.1) is 6.20 Å². The Morgan fingerprint density at radius 3 is 2.91 bits per heavy atom. The minimum Gasteiger partial charge on any atom is -0.222 e. The summed E-state index contributed by atoms with van der Waals surface area (Å²) in [6.45, 7) is 0. The standard InChI is InChI=1S/C5HClIN3S/c6-5-8-3-4(9-10-5)1-2-11-7/h3H. The fourth-order valence-electron chi connectivity index (χ4n) is 0.390. The van der Waals surface area contributed by atoms with Crippen LogP contribution in [0, 0.1) is 11.2 Å². The number of hydrogen-bond donors (Lipinski definition) is 0. The molecule has 0 N–H and O–H groups in total. The molecule has 0 bridgehead atoms. The molecule has 6 heteroatoms. The summed E-state index contributed by atoms with van der Waals surface area (Å²) in [4.78, 5) is 3.71. The second kappa shape index (κ2) is 4.74. The van der Waals surface area contributed by atoms with Crippen molar-refractivity contribution in [1.29, 1.82) is 0 Å². The first-order chi connectivity index (χ1) is 5.33. The van der Waals surface area contributed by atoms with Gasteiger partial charge in [-0.3, -0.25) is 0 Å². The molecule has 0 fully saturated rings. The summed E-state index contributed by atoms with van der Waals surface area (Å²) >= 11 is 7.48. The molecule has 0 atom stereocenters. The topological polar surface area (TPSA) is 38.7 Å². The van der Waals surface area contributed by atoms with Crippen LogP contribution in [-0.2, 0) is 0 Å². The lowest BCUT2D eigenvalue weighted by atomic mass is 10.5. The molecular weight excluding hydrogens is 296 g/mol. The monoisotopic (exact) mass is 297 g/mol. The maximum absolute atomic E-state index is 5.41. The van der Waals surface area contributed by atoms with Gasteiger partial charge >= 0.3 is 0 Å². The van der Waals surface area contributed by atoms with E-state index < -0.39 is 0 Å². The highest BCUT2D eigenvalue weighted by molar-refractivity contribution is 14.2. The average Bonchev–Trinajstić information content (AvgIpc) is 2.04. The lowest BCUT2D eigenvalue weighted by Crippen LogP contribution is -1.89. The minimum absolute atomic E-state index is 0.137. The highest BCUT2D eigenvalue weighted by atomic mass is 127. The first kappa shape index (κ1) is 9.03. The maximum Gasteiger partial charge on any atom is 0.243 e. The first-order valence-electron chi connectivity index (χ1n) is 2.47. The van der Waals surface area contributed by atoms with Crippen LogP contribution >= 0.6 is 41.7 Å². The normalized spacial score (nSPS) is 8.55. The molecule has 1 heterocycles. The van der Waals surface area contributed by atoms with Crippen LogP contribution in [0.5, 0.6) is 0 Å². The summed E-state index contributed by atoms with van der Waals surface area (Å²) in [5.74, 6) is 2.73. The smallest absolute Gasteiger partial charge is 0.222 e. The van der Waals surface area contributed by atoms with Crippen LogP contribution in [0.4, 0.5) is 0 Å². The predicted octanol–water partition coefficient (Wildman–Crippen LogP) is 1.92. The van der Waals surface area contributed by atoms with Gasteiger partial charge < -0.3 is 0 Å². The number of rotatable bonds is 0. The van der Waals surface area contributed by atoms with Gasteiger partial charge in [0.25, 0.3) is 0 Å². The molecule has 11 heavy (non-hydrogen) atoms. The van der Waals surface area contributed by atoms with E-state index in [-0.39, 0.29) is 5.28 Å². The van der Waals surface area contributed by atoms with Crippen molar-refractivity contribution in [3.8, 4) is 11.2 Å². The third-order valence-electron chi connectivity index (χ3n) is 0.751. The molecular formula is C5HClIN3S. The Hall–Kier alpha value is -0.0600. The van der Waals surface area contributed by atoms with Crippen molar-refractivity contribution in [2.45, 2.75) is 0 Å². The molecule has 0 amide bonds. The zero-order valence-corrected chi connectivity index (χ0v) is 8.81. The zero-order chi connectivity index (χ0) is 8.10. The molecule has 56 valence electrons. The zero-order valence-electron chi connectivity index (χ0n) is 5.08. The van der Waals surface area contributed by atoms with Crippen LogP contribution < -0.4 is 0 Å². The Morgan fingerprint density at radius 1 is 1.55 bits per heavy atom. The van der Waals surface area contributed by atoms with Crippen molar-refractivity contribution in [2.24, 2.45) is 0 Å². The molecule has 0 aliphatic heterocycles. The molecule has 3 nitrogen and oxygen atoms in total. The van der Waals surface area contributed by atoms with E-state index in [4.69, 9.17) is 11.6 Å². The molecule has 0 spiro atoms. The third-order valence-corrected chi connectivity index (χ3v) is 1.76. The average molecular weight is 298 g/mol.